The summed E-state index contributed by atoms with van der Waals surface area (Å²) in [4.78, 5) is 45.8. The van der Waals surface area contributed by atoms with Crippen molar-refractivity contribution in [2.24, 2.45) is 0 Å². The van der Waals surface area contributed by atoms with E-state index in [9.17, 15) is 19.2 Å². The number of nitrogens with one attached hydrogen (secondary N) is 1. The van der Waals surface area contributed by atoms with Gasteiger partial charge in [-0.15, -0.1) is 0 Å². The molecule has 144 valence electrons. The lowest BCUT2D eigenvalue weighted by Crippen LogP contribution is -3.07. The van der Waals surface area contributed by atoms with Gasteiger partial charge in [0.25, 0.3) is 0 Å². The smallest absolute Gasteiger partial charge is 0.331 e. The fourth-order valence-corrected chi connectivity index (χ4v) is 1.42. The van der Waals surface area contributed by atoms with Gasteiger partial charge in [-0.1, -0.05) is 0 Å². The minimum Gasteiger partial charge on any atom is -1.00 e. The number of rotatable bonds is 9. The second-order valence-corrected chi connectivity index (χ2v) is 4.81. The second kappa shape index (κ2) is 14.0. The van der Waals surface area contributed by atoms with Gasteiger partial charge in [-0.05, 0) is 0 Å². The third-order valence-electron chi connectivity index (χ3n) is 2.44. The van der Waals surface area contributed by atoms with E-state index in [2.05, 4.69) is 9.47 Å². The van der Waals surface area contributed by atoms with Crippen molar-refractivity contribution in [3.8, 4) is 0 Å². The summed E-state index contributed by atoms with van der Waals surface area (Å²) in [6.45, 7) is 0.166. The van der Waals surface area contributed by atoms with Crippen LogP contribution < -0.4 is 17.3 Å². The molecule has 0 bridgehead atoms. The van der Waals surface area contributed by atoms with Gasteiger partial charge < -0.3 is 36.3 Å². The number of carbonyl (C=O) groups excluding carboxylic acids is 4. The molecule has 0 radical (unpaired) electrons. The zero-order valence-corrected chi connectivity index (χ0v) is 15.2. The van der Waals surface area contributed by atoms with Crippen LogP contribution in [0.5, 0.6) is 0 Å². The fourth-order valence-electron chi connectivity index (χ4n) is 1.42. The Morgan fingerprint density at radius 2 is 1.32 bits per heavy atom. The summed E-state index contributed by atoms with van der Waals surface area (Å²) in [6.07, 6.45) is 2.94. The number of hydrogen-bond acceptors (Lipinski definition) is 8. The van der Waals surface area contributed by atoms with Gasteiger partial charge in [-0.3, -0.25) is 0 Å². The van der Waals surface area contributed by atoms with Crippen LogP contribution in [0.1, 0.15) is 1.43 Å². The fraction of sp³-hybridized carbons (Fsp3) is 0.467. The summed E-state index contributed by atoms with van der Waals surface area (Å²) < 4.78 is 18.7. The zero-order chi connectivity index (χ0) is 18.5. The Labute approximate surface area is 153 Å². The Bertz CT molecular complexity index is 522. The number of carbonyl (C=O) groups is 4. The Morgan fingerprint density at radius 3 is 1.76 bits per heavy atom. The number of hydrogen-bond donors (Lipinski definition) is 1. The van der Waals surface area contributed by atoms with E-state index in [0.29, 0.717) is 6.54 Å². The van der Waals surface area contributed by atoms with Gasteiger partial charge in [0.1, 0.15) is 13.2 Å². The third-order valence-corrected chi connectivity index (χ3v) is 2.44. The number of esters is 4. The van der Waals surface area contributed by atoms with Gasteiger partial charge in [-0.2, -0.15) is 0 Å². The topological polar surface area (TPSA) is 110 Å². The summed E-state index contributed by atoms with van der Waals surface area (Å²) in [5.41, 5.74) is 0. The number of methoxy groups -OCH3 is 2. The van der Waals surface area contributed by atoms with E-state index in [4.69, 9.17) is 9.47 Å². The Hall–Kier alpha value is -2.39. The highest BCUT2D eigenvalue weighted by atomic mass is 35.5. The molecule has 0 saturated carbocycles. The van der Waals surface area contributed by atoms with Crippen molar-refractivity contribution in [3.63, 3.8) is 0 Å². The number of halogens is 1. The molecule has 0 rings (SSSR count). The molecule has 0 heterocycles. The lowest BCUT2D eigenvalue weighted by molar-refractivity contribution is -0.861. The molecule has 1 atom stereocenters. The lowest BCUT2D eigenvalue weighted by Gasteiger charge is -2.18. The molecule has 0 aromatic rings. The summed E-state index contributed by atoms with van der Waals surface area (Å²) in [5.74, 6) is -2.94. The van der Waals surface area contributed by atoms with Crippen molar-refractivity contribution in [1.82, 2.24) is 0 Å². The molecular weight excluding hydrogens is 358 g/mol. The maximum Gasteiger partial charge on any atom is 0.331 e. The van der Waals surface area contributed by atoms with Crippen LogP contribution in [0.3, 0.4) is 0 Å². The standard InChI is InChI=1S/C15H21NO8.ClH.H2/c1-16(2)9-11(24-15(20)8-6-13(18)22-4)10-23-14(19)7-5-12(17)21-3;;/h5-8,11H,9-10H2,1-4H3;2*1H/b7-5+,8-6+;;. The van der Waals surface area contributed by atoms with E-state index in [1.807, 2.05) is 14.1 Å². The van der Waals surface area contributed by atoms with E-state index < -0.39 is 30.0 Å². The minimum absolute atomic E-state index is 0. The average molecular weight is 382 g/mol. The Balaban J connectivity index is -0.00000264. The van der Waals surface area contributed by atoms with Crippen LogP contribution >= 0.6 is 0 Å². The molecule has 0 aliphatic carbocycles. The van der Waals surface area contributed by atoms with Crippen LogP contribution in [0, 0.1) is 0 Å². The van der Waals surface area contributed by atoms with E-state index in [1.54, 1.807) is 0 Å². The first-order valence-electron chi connectivity index (χ1n) is 6.97. The average Bonchev–Trinajstić information content (AvgIpc) is 2.54. The van der Waals surface area contributed by atoms with Gasteiger partial charge >= 0.3 is 23.9 Å². The zero-order valence-electron chi connectivity index (χ0n) is 14.4. The van der Waals surface area contributed by atoms with Crippen LogP contribution in [0.2, 0.25) is 0 Å². The SMILES string of the molecule is COC(=O)/C=C/C(=O)OCC(C[NH+](C)C)OC(=O)/C=C/C(=O)OC.[Cl-].[HH]. The van der Waals surface area contributed by atoms with Crippen molar-refractivity contribution < 1.29 is 56.9 Å². The third kappa shape index (κ3) is 13.7. The summed E-state index contributed by atoms with van der Waals surface area (Å²) in [7, 11) is 6.00. The highest BCUT2D eigenvalue weighted by molar-refractivity contribution is 5.92. The summed E-state index contributed by atoms with van der Waals surface area (Å²) in [5, 5.41) is 0. The van der Waals surface area contributed by atoms with Gasteiger partial charge in [0.15, 0.2) is 6.10 Å². The first-order chi connectivity index (χ1) is 11.3. The second-order valence-electron chi connectivity index (χ2n) is 4.81. The molecule has 1 N–H and O–H groups in total. The lowest BCUT2D eigenvalue weighted by atomic mass is 10.3. The maximum absolute atomic E-state index is 11.6. The molecule has 0 aliphatic heterocycles. The molecule has 0 saturated heterocycles. The van der Waals surface area contributed by atoms with Crippen LogP contribution in [-0.2, 0) is 38.1 Å². The molecular formula is C15H24ClNO8. The van der Waals surface area contributed by atoms with Crippen LogP contribution in [0.4, 0.5) is 0 Å². The van der Waals surface area contributed by atoms with Crippen LogP contribution in [0.25, 0.3) is 0 Å². The van der Waals surface area contributed by atoms with E-state index >= 15 is 0 Å². The quantitative estimate of drug-likeness (QED) is 0.241. The van der Waals surface area contributed by atoms with Gasteiger partial charge in [0.2, 0.25) is 0 Å². The van der Waals surface area contributed by atoms with Gasteiger partial charge in [0, 0.05) is 25.7 Å². The largest absolute Gasteiger partial charge is 1.00 e. The van der Waals surface area contributed by atoms with E-state index in [1.165, 1.54) is 14.2 Å². The molecule has 9 nitrogen and oxygen atoms in total. The first-order valence-corrected chi connectivity index (χ1v) is 6.97. The van der Waals surface area contributed by atoms with Crippen molar-refractivity contribution >= 4 is 23.9 Å². The van der Waals surface area contributed by atoms with Crippen molar-refractivity contribution in [2.75, 3.05) is 41.5 Å². The normalized spacial score (nSPS) is 11.7. The molecule has 0 aromatic carbocycles. The number of ether oxygens (including phenoxy) is 4. The van der Waals surface area contributed by atoms with Crippen molar-refractivity contribution in [2.45, 2.75) is 6.10 Å². The highest BCUT2D eigenvalue weighted by Crippen LogP contribution is 1.96. The molecule has 0 aliphatic rings. The highest BCUT2D eigenvalue weighted by Gasteiger charge is 2.18. The maximum atomic E-state index is 11.6. The van der Waals surface area contributed by atoms with Gasteiger partial charge in [-0.25, -0.2) is 19.2 Å². The van der Waals surface area contributed by atoms with Gasteiger partial charge in [0.05, 0.1) is 28.3 Å². The summed E-state index contributed by atoms with van der Waals surface area (Å²) >= 11 is 0. The predicted octanol–water partition coefficient (Wildman–Crippen LogP) is -4.71. The molecule has 25 heavy (non-hydrogen) atoms. The molecule has 0 fully saturated rings. The van der Waals surface area contributed by atoms with E-state index in [-0.39, 0.29) is 20.4 Å². The first kappa shape index (κ1) is 24.9. The monoisotopic (exact) mass is 381 g/mol. The van der Waals surface area contributed by atoms with E-state index in [0.717, 1.165) is 29.2 Å². The van der Waals surface area contributed by atoms with Crippen molar-refractivity contribution in [3.05, 3.63) is 24.3 Å². The molecule has 0 aromatic heterocycles. The molecule has 0 spiro atoms. The molecule has 0 amide bonds. The Morgan fingerprint density at radius 1 is 0.880 bits per heavy atom. The summed E-state index contributed by atoms with van der Waals surface area (Å²) in [6, 6.07) is 0. The molecule has 10 heteroatoms. The predicted molar refractivity (Wildman–Crippen MR) is 82.9 cm³/mol. The number of quaternary nitrogens is 1. The van der Waals surface area contributed by atoms with Crippen LogP contribution in [-0.4, -0.2) is 71.4 Å². The number of likely N-dealkylation sites (N-methyl/N-ethyl adjacent to an activating group) is 1. The van der Waals surface area contributed by atoms with Crippen LogP contribution in [0.15, 0.2) is 24.3 Å². The Kier molecular flexibility index (Phi) is 13.9. The molecule has 1 unspecified atom stereocenters. The van der Waals surface area contributed by atoms with Crippen molar-refractivity contribution in [1.29, 1.82) is 0 Å². The minimum atomic E-state index is -0.777.